The molecule has 0 aliphatic heterocycles. The molecule has 1 fully saturated rings. The number of aromatic amines is 1. The molecule has 2 aromatic rings. The fraction of sp³-hybridized carbons (Fsp3) is 0.429. The van der Waals surface area contributed by atoms with Gasteiger partial charge in [-0.25, -0.2) is 4.98 Å². The summed E-state index contributed by atoms with van der Waals surface area (Å²) in [6.45, 7) is 2.24. The minimum Gasteiger partial charge on any atom is -0.361 e. The van der Waals surface area contributed by atoms with E-state index >= 15 is 0 Å². The molecule has 7 heteroatoms. The van der Waals surface area contributed by atoms with Crippen LogP contribution in [-0.4, -0.2) is 27.6 Å². The lowest BCUT2D eigenvalue weighted by Crippen LogP contribution is -2.28. The topological polar surface area (TPSA) is 101 Å². The minimum absolute atomic E-state index is 0.161. The molecule has 0 aromatic carbocycles. The summed E-state index contributed by atoms with van der Waals surface area (Å²) in [7, 11) is 0. The van der Waals surface area contributed by atoms with Gasteiger partial charge >= 0.3 is 0 Å². The maximum absolute atomic E-state index is 12.0. The SMILES string of the molecule is Cc1cc(CCNC(=O)c2cc(=O)[nH]c(C3CC3)n2)on1. The number of hydrogen-bond donors (Lipinski definition) is 2. The van der Waals surface area contributed by atoms with Crippen molar-refractivity contribution >= 4 is 5.91 Å². The molecule has 0 spiro atoms. The summed E-state index contributed by atoms with van der Waals surface area (Å²) in [5.41, 5.74) is 0.680. The molecule has 0 saturated heterocycles. The highest BCUT2D eigenvalue weighted by molar-refractivity contribution is 5.92. The van der Waals surface area contributed by atoms with Crippen LogP contribution in [0.2, 0.25) is 0 Å². The van der Waals surface area contributed by atoms with E-state index in [9.17, 15) is 9.59 Å². The van der Waals surface area contributed by atoms with Gasteiger partial charge in [-0.15, -0.1) is 0 Å². The summed E-state index contributed by atoms with van der Waals surface area (Å²) < 4.78 is 5.06. The van der Waals surface area contributed by atoms with Crippen LogP contribution in [0.4, 0.5) is 0 Å². The van der Waals surface area contributed by atoms with Gasteiger partial charge in [0.15, 0.2) is 0 Å². The monoisotopic (exact) mass is 288 g/mol. The van der Waals surface area contributed by atoms with Crippen LogP contribution in [0.1, 0.15) is 46.5 Å². The normalized spacial score (nSPS) is 14.1. The third-order valence-corrected chi connectivity index (χ3v) is 3.29. The van der Waals surface area contributed by atoms with Gasteiger partial charge in [0, 0.05) is 31.0 Å². The van der Waals surface area contributed by atoms with E-state index in [2.05, 4.69) is 20.4 Å². The van der Waals surface area contributed by atoms with Crippen molar-refractivity contribution in [3.05, 3.63) is 45.5 Å². The fourth-order valence-electron chi connectivity index (χ4n) is 2.07. The van der Waals surface area contributed by atoms with Gasteiger partial charge in [0.2, 0.25) is 0 Å². The number of nitrogens with zero attached hydrogens (tertiary/aromatic N) is 2. The first kappa shape index (κ1) is 13.5. The predicted molar refractivity (Wildman–Crippen MR) is 74.1 cm³/mol. The molecule has 3 rings (SSSR count). The molecular weight excluding hydrogens is 272 g/mol. The van der Waals surface area contributed by atoms with E-state index in [1.165, 1.54) is 6.07 Å². The number of hydrogen-bond acceptors (Lipinski definition) is 5. The number of carbonyl (C=O) groups excluding carboxylic acids is 1. The first-order valence-corrected chi connectivity index (χ1v) is 6.93. The van der Waals surface area contributed by atoms with Crippen molar-refractivity contribution in [3.63, 3.8) is 0 Å². The zero-order valence-corrected chi connectivity index (χ0v) is 11.7. The van der Waals surface area contributed by atoms with Gasteiger partial charge in [0.25, 0.3) is 11.5 Å². The second-order valence-electron chi connectivity index (χ2n) is 5.23. The molecule has 0 bridgehead atoms. The van der Waals surface area contributed by atoms with E-state index in [0.29, 0.717) is 30.5 Å². The Bertz CT molecular complexity index is 715. The summed E-state index contributed by atoms with van der Waals surface area (Å²) in [5.74, 6) is 1.27. The molecule has 1 amide bonds. The third-order valence-electron chi connectivity index (χ3n) is 3.29. The zero-order chi connectivity index (χ0) is 14.8. The lowest BCUT2D eigenvalue weighted by atomic mass is 10.3. The van der Waals surface area contributed by atoms with Gasteiger partial charge in [-0.2, -0.15) is 0 Å². The fourth-order valence-corrected chi connectivity index (χ4v) is 2.07. The van der Waals surface area contributed by atoms with Crippen LogP contribution in [-0.2, 0) is 6.42 Å². The highest BCUT2D eigenvalue weighted by atomic mass is 16.5. The third kappa shape index (κ3) is 3.36. The average molecular weight is 288 g/mol. The van der Waals surface area contributed by atoms with Crippen LogP contribution in [0, 0.1) is 6.92 Å². The second kappa shape index (κ2) is 5.51. The molecule has 21 heavy (non-hydrogen) atoms. The van der Waals surface area contributed by atoms with E-state index in [1.54, 1.807) is 0 Å². The van der Waals surface area contributed by atoms with E-state index in [-0.39, 0.29) is 17.2 Å². The summed E-state index contributed by atoms with van der Waals surface area (Å²) in [6.07, 6.45) is 2.57. The van der Waals surface area contributed by atoms with Crippen molar-refractivity contribution in [3.8, 4) is 0 Å². The van der Waals surface area contributed by atoms with Crippen molar-refractivity contribution in [2.45, 2.75) is 32.1 Å². The van der Waals surface area contributed by atoms with Crippen LogP contribution in [0.5, 0.6) is 0 Å². The minimum atomic E-state index is -0.348. The van der Waals surface area contributed by atoms with Gasteiger partial charge in [-0.1, -0.05) is 5.16 Å². The average Bonchev–Trinajstić information content (AvgIpc) is 3.22. The molecule has 7 nitrogen and oxygen atoms in total. The standard InChI is InChI=1S/C14H16N4O3/c1-8-6-10(21-18-8)4-5-15-14(20)11-7-12(19)17-13(16-11)9-2-3-9/h6-7,9H,2-5H2,1H3,(H,15,20)(H,16,17,19). The quantitative estimate of drug-likeness (QED) is 0.851. The summed E-state index contributed by atoms with van der Waals surface area (Å²) in [6, 6.07) is 3.04. The number of aryl methyl sites for hydroxylation is 1. The molecule has 0 atom stereocenters. The molecule has 0 radical (unpaired) electrons. The Morgan fingerprint density at radius 3 is 2.95 bits per heavy atom. The van der Waals surface area contributed by atoms with Gasteiger partial charge in [0.1, 0.15) is 17.3 Å². The largest absolute Gasteiger partial charge is 0.361 e. The Labute approximate surface area is 120 Å². The number of rotatable bonds is 5. The molecule has 1 aliphatic carbocycles. The van der Waals surface area contributed by atoms with Crippen LogP contribution >= 0.6 is 0 Å². The van der Waals surface area contributed by atoms with Gasteiger partial charge < -0.3 is 14.8 Å². The van der Waals surface area contributed by atoms with Crippen molar-refractivity contribution in [1.82, 2.24) is 20.4 Å². The summed E-state index contributed by atoms with van der Waals surface area (Å²) >= 11 is 0. The molecular formula is C14H16N4O3. The maximum Gasteiger partial charge on any atom is 0.270 e. The predicted octanol–water partition coefficient (Wildman–Crippen LogP) is 0.916. The Morgan fingerprint density at radius 2 is 2.29 bits per heavy atom. The molecule has 1 saturated carbocycles. The van der Waals surface area contributed by atoms with Gasteiger partial charge in [-0.3, -0.25) is 9.59 Å². The number of amides is 1. The Kier molecular flexibility index (Phi) is 3.55. The number of nitrogens with one attached hydrogen (secondary N) is 2. The van der Waals surface area contributed by atoms with Crippen LogP contribution in [0.25, 0.3) is 0 Å². The molecule has 2 aromatic heterocycles. The lowest BCUT2D eigenvalue weighted by Gasteiger charge is -2.04. The highest BCUT2D eigenvalue weighted by Gasteiger charge is 2.27. The van der Waals surface area contributed by atoms with Crippen LogP contribution in [0.3, 0.4) is 0 Å². The Balaban J connectivity index is 1.61. The van der Waals surface area contributed by atoms with Crippen molar-refractivity contribution in [2.75, 3.05) is 6.54 Å². The summed E-state index contributed by atoms with van der Waals surface area (Å²) in [5, 5.41) is 6.51. The first-order valence-electron chi connectivity index (χ1n) is 6.93. The lowest BCUT2D eigenvalue weighted by molar-refractivity contribution is 0.0948. The van der Waals surface area contributed by atoms with E-state index in [1.807, 2.05) is 13.0 Å². The van der Waals surface area contributed by atoms with Gasteiger partial charge in [0.05, 0.1) is 5.69 Å². The second-order valence-corrected chi connectivity index (χ2v) is 5.23. The van der Waals surface area contributed by atoms with E-state index in [4.69, 9.17) is 4.52 Å². The Morgan fingerprint density at radius 1 is 1.48 bits per heavy atom. The smallest absolute Gasteiger partial charge is 0.270 e. The molecule has 110 valence electrons. The molecule has 2 heterocycles. The van der Waals surface area contributed by atoms with E-state index in [0.717, 1.165) is 18.5 Å². The number of H-pyrrole nitrogens is 1. The van der Waals surface area contributed by atoms with Crippen molar-refractivity contribution < 1.29 is 9.32 Å². The Hall–Kier alpha value is -2.44. The van der Waals surface area contributed by atoms with E-state index < -0.39 is 0 Å². The van der Waals surface area contributed by atoms with Crippen LogP contribution < -0.4 is 10.9 Å². The number of aromatic nitrogens is 3. The number of carbonyl (C=O) groups is 1. The van der Waals surface area contributed by atoms with Gasteiger partial charge in [-0.05, 0) is 19.8 Å². The van der Waals surface area contributed by atoms with Crippen molar-refractivity contribution in [2.24, 2.45) is 0 Å². The molecule has 2 N–H and O–H groups in total. The molecule has 1 aliphatic rings. The van der Waals surface area contributed by atoms with Crippen LogP contribution in [0.15, 0.2) is 21.5 Å². The zero-order valence-electron chi connectivity index (χ0n) is 11.7. The highest BCUT2D eigenvalue weighted by Crippen LogP contribution is 2.37. The molecule has 0 unspecified atom stereocenters. The summed E-state index contributed by atoms with van der Waals surface area (Å²) in [4.78, 5) is 30.5. The van der Waals surface area contributed by atoms with Crippen molar-refractivity contribution in [1.29, 1.82) is 0 Å². The maximum atomic E-state index is 12.0. The first-order chi connectivity index (χ1) is 10.1.